The normalized spacial score (nSPS) is 11.2. The van der Waals surface area contributed by atoms with Gasteiger partial charge in [0.05, 0.1) is 30.4 Å². The van der Waals surface area contributed by atoms with Crippen molar-refractivity contribution in [1.82, 2.24) is 9.78 Å². The Morgan fingerprint density at radius 3 is 2.74 bits per heavy atom. The van der Waals surface area contributed by atoms with Crippen molar-refractivity contribution in [1.29, 1.82) is 0 Å². The standard InChI is InChI=1S/C19H14ClFN2O4/c1-27-18(24)7-6-16-14-5-3-11(19(25)26)8-17(14)23(22-16)10-12-2-4-13(21)9-15(12)20/h2-9H,10H2,1H3,(H,25,26)/b7-6+. The summed E-state index contributed by atoms with van der Waals surface area (Å²) in [5.74, 6) is -2.07. The molecule has 0 radical (unpaired) electrons. The molecule has 0 unspecified atom stereocenters. The monoisotopic (exact) mass is 388 g/mol. The molecule has 8 heteroatoms. The second kappa shape index (κ2) is 7.59. The van der Waals surface area contributed by atoms with Gasteiger partial charge in [-0.3, -0.25) is 4.68 Å². The molecule has 6 nitrogen and oxygen atoms in total. The van der Waals surface area contributed by atoms with E-state index in [2.05, 4.69) is 9.84 Å². The number of carboxylic acids is 1. The molecule has 0 spiro atoms. The van der Waals surface area contributed by atoms with E-state index in [9.17, 15) is 19.1 Å². The lowest BCUT2D eigenvalue weighted by Crippen LogP contribution is -2.04. The number of carbonyl (C=O) groups is 2. The van der Waals surface area contributed by atoms with Crippen molar-refractivity contribution in [3.8, 4) is 0 Å². The molecular formula is C19H14ClFN2O4. The number of fused-ring (bicyclic) bond motifs is 1. The van der Waals surface area contributed by atoms with Gasteiger partial charge in [-0.25, -0.2) is 14.0 Å². The Kier molecular flexibility index (Phi) is 5.23. The number of methoxy groups -OCH3 is 1. The Labute approximate surface area is 158 Å². The minimum absolute atomic E-state index is 0.0948. The van der Waals surface area contributed by atoms with Crippen LogP contribution in [-0.4, -0.2) is 33.9 Å². The predicted octanol–water partition coefficient (Wildman–Crippen LogP) is 3.76. The number of carboxylic acid groups (broad SMARTS) is 1. The number of aromatic nitrogens is 2. The highest BCUT2D eigenvalue weighted by atomic mass is 35.5. The van der Waals surface area contributed by atoms with Gasteiger partial charge in [0.15, 0.2) is 0 Å². The quantitative estimate of drug-likeness (QED) is 0.531. The molecule has 0 bridgehead atoms. The zero-order chi connectivity index (χ0) is 19.6. The minimum Gasteiger partial charge on any atom is -0.478 e. The molecule has 0 fully saturated rings. The van der Waals surface area contributed by atoms with Gasteiger partial charge in [-0.05, 0) is 42.0 Å². The van der Waals surface area contributed by atoms with E-state index in [-0.39, 0.29) is 17.1 Å². The summed E-state index contributed by atoms with van der Waals surface area (Å²) in [6.45, 7) is 0.199. The first-order valence-electron chi connectivity index (χ1n) is 7.83. The third-order valence-corrected chi connectivity index (χ3v) is 4.29. The largest absolute Gasteiger partial charge is 0.478 e. The fourth-order valence-electron chi connectivity index (χ4n) is 2.60. The van der Waals surface area contributed by atoms with E-state index in [1.54, 1.807) is 10.7 Å². The molecule has 1 heterocycles. The number of ether oxygens (including phenoxy) is 1. The highest BCUT2D eigenvalue weighted by Gasteiger charge is 2.14. The summed E-state index contributed by atoms with van der Waals surface area (Å²) < 4.78 is 19.4. The van der Waals surface area contributed by atoms with Gasteiger partial charge in [-0.15, -0.1) is 0 Å². The van der Waals surface area contributed by atoms with Crippen molar-refractivity contribution in [2.75, 3.05) is 7.11 Å². The van der Waals surface area contributed by atoms with Crippen LogP contribution in [0.2, 0.25) is 5.02 Å². The highest BCUT2D eigenvalue weighted by molar-refractivity contribution is 6.31. The lowest BCUT2D eigenvalue weighted by atomic mass is 10.1. The molecule has 0 saturated heterocycles. The summed E-state index contributed by atoms with van der Waals surface area (Å²) in [4.78, 5) is 22.7. The van der Waals surface area contributed by atoms with E-state index >= 15 is 0 Å². The number of esters is 1. The Hall–Kier alpha value is -3.19. The fraction of sp³-hybridized carbons (Fsp3) is 0.105. The van der Waals surface area contributed by atoms with E-state index in [1.165, 1.54) is 49.6 Å². The minimum atomic E-state index is -1.07. The topological polar surface area (TPSA) is 81.4 Å². The summed E-state index contributed by atoms with van der Waals surface area (Å²) in [5, 5.41) is 14.6. The lowest BCUT2D eigenvalue weighted by Gasteiger charge is -2.06. The van der Waals surface area contributed by atoms with Crippen LogP contribution >= 0.6 is 11.6 Å². The van der Waals surface area contributed by atoms with Crippen molar-refractivity contribution in [3.05, 3.63) is 70.1 Å². The third-order valence-electron chi connectivity index (χ3n) is 3.94. The summed E-state index contributed by atoms with van der Waals surface area (Å²) >= 11 is 6.09. The van der Waals surface area contributed by atoms with E-state index in [0.29, 0.717) is 22.2 Å². The number of hydrogen-bond acceptors (Lipinski definition) is 4. The fourth-order valence-corrected chi connectivity index (χ4v) is 2.83. The van der Waals surface area contributed by atoms with Crippen LogP contribution in [0, 0.1) is 5.82 Å². The van der Waals surface area contributed by atoms with Crippen LogP contribution in [0.25, 0.3) is 17.0 Å². The summed E-state index contributed by atoms with van der Waals surface area (Å²) in [5.41, 5.74) is 1.72. The maximum atomic E-state index is 13.3. The van der Waals surface area contributed by atoms with E-state index in [0.717, 1.165) is 0 Å². The average Bonchev–Trinajstić information content (AvgIpc) is 2.99. The summed E-state index contributed by atoms with van der Waals surface area (Å²) in [6, 6.07) is 8.58. The van der Waals surface area contributed by atoms with Gasteiger partial charge in [0, 0.05) is 16.5 Å². The summed E-state index contributed by atoms with van der Waals surface area (Å²) in [6.07, 6.45) is 2.71. The second-order valence-corrected chi connectivity index (χ2v) is 6.08. The molecule has 0 aliphatic rings. The molecular weight excluding hydrogens is 375 g/mol. The van der Waals surface area contributed by atoms with Gasteiger partial charge in [-0.1, -0.05) is 17.7 Å². The Morgan fingerprint density at radius 2 is 2.07 bits per heavy atom. The smallest absolute Gasteiger partial charge is 0.335 e. The first kappa shape index (κ1) is 18.6. The Morgan fingerprint density at radius 1 is 1.30 bits per heavy atom. The third kappa shape index (κ3) is 3.98. The number of hydrogen-bond donors (Lipinski definition) is 1. The molecule has 2 aromatic carbocycles. The van der Waals surface area contributed by atoms with E-state index < -0.39 is 17.8 Å². The maximum absolute atomic E-state index is 13.3. The first-order valence-corrected chi connectivity index (χ1v) is 8.20. The van der Waals surface area contributed by atoms with Gasteiger partial charge in [-0.2, -0.15) is 5.10 Å². The van der Waals surface area contributed by atoms with Crippen molar-refractivity contribution >= 4 is 40.5 Å². The van der Waals surface area contributed by atoms with E-state index in [1.807, 2.05) is 0 Å². The van der Waals surface area contributed by atoms with Crippen LogP contribution in [0.4, 0.5) is 4.39 Å². The molecule has 3 rings (SSSR count). The molecule has 0 amide bonds. The number of carbonyl (C=O) groups excluding carboxylic acids is 1. The van der Waals surface area contributed by atoms with Crippen LogP contribution in [0.5, 0.6) is 0 Å². The average molecular weight is 389 g/mol. The lowest BCUT2D eigenvalue weighted by molar-refractivity contribution is -0.134. The molecule has 1 N–H and O–H groups in total. The van der Waals surface area contributed by atoms with Gasteiger partial charge >= 0.3 is 11.9 Å². The van der Waals surface area contributed by atoms with Crippen molar-refractivity contribution in [3.63, 3.8) is 0 Å². The molecule has 0 aliphatic carbocycles. The molecule has 27 heavy (non-hydrogen) atoms. The Bertz CT molecular complexity index is 1080. The number of aromatic carboxylic acids is 1. The maximum Gasteiger partial charge on any atom is 0.335 e. The number of nitrogens with zero attached hydrogens (tertiary/aromatic N) is 2. The van der Waals surface area contributed by atoms with Crippen LogP contribution < -0.4 is 0 Å². The van der Waals surface area contributed by atoms with Gasteiger partial charge in [0.25, 0.3) is 0 Å². The second-order valence-electron chi connectivity index (χ2n) is 5.67. The number of halogens is 2. The van der Waals surface area contributed by atoms with Gasteiger partial charge in [0.1, 0.15) is 5.82 Å². The van der Waals surface area contributed by atoms with Crippen molar-refractivity contribution in [2.45, 2.75) is 6.54 Å². The zero-order valence-electron chi connectivity index (χ0n) is 14.1. The van der Waals surface area contributed by atoms with Crippen LogP contribution in [0.15, 0.2) is 42.5 Å². The molecule has 0 saturated carbocycles. The molecule has 138 valence electrons. The molecule has 3 aromatic rings. The SMILES string of the molecule is COC(=O)/C=C/c1nn(Cc2ccc(F)cc2Cl)c2cc(C(=O)O)ccc12. The Balaban J connectivity index is 2.11. The first-order chi connectivity index (χ1) is 12.9. The van der Waals surface area contributed by atoms with E-state index in [4.69, 9.17) is 11.6 Å². The van der Waals surface area contributed by atoms with Crippen LogP contribution in [0.3, 0.4) is 0 Å². The van der Waals surface area contributed by atoms with Crippen LogP contribution in [-0.2, 0) is 16.1 Å². The molecule has 0 atom stereocenters. The molecule has 0 aliphatic heterocycles. The van der Waals surface area contributed by atoms with Gasteiger partial charge < -0.3 is 9.84 Å². The van der Waals surface area contributed by atoms with Crippen molar-refractivity contribution < 1.29 is 23.8 Å². The highest BCUT2D eigenvalue weighted by Crippen LogP contribution is 2.25. The van der Waals surface area contributed by atoms with Gasteiger partial charge in [0.2, 0.25) is 0 Å². The summed E-state index contributed by atoms with van der Waals surface area (Å²) in [7, 11) is 1.26. The van der Waals surface area contributed by atoms with Crippen molar-refractivity contribution in [2.24, 2.45) is 0 Å². The zero-order valence-corrected chi connectivity index (χ0v) is 14.9. The van der Waals surface area contributed by atoms with Crippen LogP contribution in [0.1, 0.15) is 21.6 Å². The molecule has 1 aromatic heterocycles. The number of rotatable bonds is 5. The number of benzene rings is 2. The predicted molar refractivity (Wildman–Crippen MR) is 98.3 cm³/mol.